The molecule has 2 rings (SSSR count). The van der Waals surface area contributed by atoms with Crippen molar-refractivity contribution in [1.29, 1.82) is 0 Å². The van der Waals surface area contributed by atoms with Crippen LogP contribution < -0.4 is 11.3 Å². The molecule has 2 unspecified atom stereocenters. The van der Waals surface area contributed by atoms with Gasteiger partial charge in [0.1, 0.15) is 0 Å². The van der Waals surface area contributed by atoms with E-state index >= 15 is 0 Å². The van der Waals surface area contributed by atoms with Gasteiger partial charge < -0.3 is 0 Å². The number of benzene rings is 1. The number of halogens is 3. The predicted octanol–water partition coefficient (Wildman–Crippen LogP) is 1.64. The number of rotatable bonds is 3. The third-order valence-corrected chi connectivity index (χ3v) is 5.31. The molecule has 0 radical (unpaired) electrons. The Hall–Kier alpha value is -1.12. The Morgan fingerprint density at radius 1 is 1.30 bits per heavy atom. The normalized spacial score (nSPS) is 23.7. The van der Waals surface area contributed by atoms with Crippen molar-refractivity contribution in [1.82, 2.24) is 5.43 Å². The van der Waals surface area contributed by atoms with Gasteiger partial charge in [-0.1, -0.05) is 18.2 Å². The van der Waals surface area contributed by atoms with Crippen molar-refractivity contribution >= 4 is 9.84 Å². The summed E-state index contributed by atoms with van der Waals surface area (Å²) in [5.74, 6) is 4.77. The van der Waals surface area contributed by atoms with Crippen molar-refractivity contribution in [2.45, 2.75) is 18.6 Å². The van der Waals surface area contributed by atoms with Crippen LogP contribution in [-0.4, -0.2) is 19.9 Å². The Labute approximate surface area is 115 Å². The zero-order chi connectivity index (χ0) is 15.0. The lowest BCUT2D eigenvalue weighted by atomic mass is 9.90. The first-order valence-electron chi connectivity index (χ1n) is 6.07. The average molecular weight is 308 g/mol. The van der Waals surface area contributed by atoms with E-state index in [2.05, 4.69) is 5.43 Å². The van der Waals surface area contributed by atoms with Crippen molar-refractivity contribution in [3.8, 4) is 0 Å². The Kier molecular flexibility index (Phi) is 4.08. The molecular formula is C12H15F3N2O2S. The molecule has 1 aromatic carbocycles. The predicted molar refractivity (Wildman–Crippen MR) is 68.3 cm³/mol. The maximum atomic E-state index is 13.0. The van der Waals surface area contributed by atoms with E-state index in [1.54, 1.807) is 0 Å². The molecule has 4 nitrogen and oxygen atoms in total. The summed E-state index contributed by atoms with van der Waals surface area (Å²) in [6, 6.07) is 4.26. The van der Waals surface area contributed by atoms with Crippen molar-refractivity contribution < 1.29 is 21.6 Å². The zero-order valence-corrected chi connectivity index (χ0v) is 11.3. The summed E-state index contributed by atoms with van der Waals surface area (Å²) >= 11 is 0. The lowest BCUT2D eigenvalue weighted by Gasteiger charge is -2.25. The fraction of sp³-hybridized carbons (Fsp3) is 0.500. The Bertz CT molecular complexity index is 587. The van der Waals surface area contributed by atoms with E-state index in [1.165, 1.54) is 18.2 Å². The quantitative estimate of drug-likeness (QED) is 0.658. The van der Waals surface area contributed by atoms with Crippen LogP contribution >= 0.6 is 0 Å². The summed E-state index contributed by atoms with van der Waals surface area (Å²) < 4.78 is 62.0. The first kappa shape index (κ1) is 15.3. The number of hydrazine groups is 1. The van der Waals surface area contributed by atoms with Gasteiger partial charge in [-0.15, -0.1) is 0 Å². The van der Waals surface area contributed by atoms with Crippen molar-refractivity contribution in [2.75, 3.05) is 11.5 Å². The van der Waals surface area contributed by atoms with E-state index in [9.17, 15) is 21.6 Å². The molecule has 0 aromatic heterocycles. The molecule has 1 aromatic rings. The first-order chi connectivity index (χ1) is 9.24. The molecule has 1 aliphatic heterocycles. The van der Waals surface area contributed by atoms with E-state index in [0.29, 0.717) is 6.42 Å². The molecule has 3 N–H and O–H groups in total. The molecule has 0 amide bonds. The number of nitrogens with one attached hydrogen (secondary N) is 1. The SMILES string of the molecule is NNC(c1ccccc1C(F)(F)F)C1CCS(=O)(=O)C1. The van der Waals surface area contributed by atoms with Crippen LogP contribution in [-0.2, 0) is 16.0 Å². The summed E-state index contributed by atoms with van der Waals surface area (Å²) in [5.41, 5.74) is 1.55. The minimum Gasteiger partial charge on any atom is -0.271 e. The summed E-state index contributed by atoms with van der Waals surface area (Å²) in [6.07, 6.45) is -4.19. The van der Waals surface area contributed by atoms with Crippen LogP contribution in [0.4, 0.5) is 13.2 Å². The second kappa shape index (κ2) is 5.34. The lowest BCUT2D eigenvalue weighted by Crippen LogP contribution is -2.35. The third kappa shape index (κ3) is 3.13. The highest BCUT2D eigenvalue weighted by atomic mass is 32.2. The highest BCUT2D eigenvalue weighted by Crippen LogP contribution is 2.38. The molecular weight excluding hydrogens is 293 g/mol. The first-order valence-corrected chi connectivity index (χ1v) is 7.89. The number of sulfone groups is 1. The maximum Gasteiger partial charge on any atom is 0.416 e. The Morgan fingerprint density at radius 2 is 1.95 bits per heavy atom. The van der Waals surface area contributed by atoms with E-state index in [1.807, 2.05) is 0 Å². The van der Waals surface area contributed by atoms with Gasteiger partial charge >= 0.3 is 6.18 Å². The molecule has 1 heterocycles. The maximum absolute atomic E-state index is 13.0. The van der Waals surface area contributed by atoms with Crippen molar-refractivity contribution in [3.05, 3.63) is 35.4 Å². The minimum atomic E-state index is -4.50. The fourth-order valence-electron chi connectivity index (χ4n) is 2.59. The Balaban J connectivity index is 2.38. The minimum absolute atomic E-state index is 0.00963. The van der Waals surface area contributed by atoms with Crippen LogP contribution in [0.5, 0.6) is 0 Å². The second-order valence-corrected chi connectivity index (χ2v) is 7.12. The molecule has 0 aliphatic carbocycles. The highest BCUT2D eigenvalue weighted by Gasteiger charge is 2.39. The molecule has 1 fully saturated rings. The van der Waals surface area contributed by atoms with Crippen LogP contribution in [0.2, 0.25) is 0 Å². The highest BCUT2D eigenvalue weighted by molar-refractivity contribution is 7.91. The molecule has 1 saturated heterocycles. The molecule has 0 saturated carbocycles. The van der Waals surface area contributed by atoms with Crippen LogP contribution in [0.1, 0.15) is 23.6 Å². The van der Waals surface area contributed by atoms with Gasteiger partial charge in [-0.25, -0.2) is 8.42 Å². The molecule has 2 atom stereocenters. The van der Waals surface area contributed by atoms with Crippen molar-refractivity contribution in [3.63, 3.8) is 0 Å². The van der Waals surface area contributed by atoms with Gasteiger partial charge in [0.15, 0.2) is 9.84 Å². The van der Waals surface area contributed by atoms with Gasteiger partial charge in [-0.3, -0.25) is 11.3 Å². The molecule has 1 aliphatic rings. The van der Waals surface area contributed by atoms with Gasteiger partial charge in [0.2, 0.25) is 0 Å². The summed E-state index contributed by atoms with van der Waals surface area (Å²) in [6.45, 7) is 0. The van der Waals surface area contributed by atoms with E-state index < -0.39 is 33.5 Å². The number of hydrogen-bond acceptors (Lipinski definition) is 4. The second-order valence-electron chi connectivity index (χ2n) is 4.89. The lowest BCUT2D eigenvalue weighted by molar-refractivity contribution is -0.138. The van der Waals surface area contributed by atoms with E-state index in [-0.39, 0.29) is 17.1 Å². The topological polar surface area (TPSA) is 72.2 Å². The third-order valence-electron chi connectivity index (χ3n) is 3.52. The zero-order valence-electron chi connectivity index (χ0n) is 10.5. The van der Waals surface area contributed by atoms with Gasteiger partial charge in [0, 0.05) is 0 Å². The van der Waals surface area contributed by atoms with Gasteiger partial charge in [-0.05, 0) is 24.0 Å². The number of alkyl halides is 3. The van der Waals surface area contributed by atoms with Crippen molar-refractivity contribution in [2.24, 2.45) is 11.8 Å². The standard InChI is InChI=1S/C12H15F3N2O2S/c13-12(14,15)10-4-2-1-3-9(10)11(17-16)8-5-6-20(18,19)7-8/h1-4,8,11,17H,5-7,16H2. The van der Waals surface area contributed by atoms with Crippen LogP contribution in [0.15, 0.2) is 24.3 Å². The largest absolute Gasteiger partial charge is 0.416 e. The summed E-state index contributed by atoms with van der Waals surface area (Å²) in [5, 5.41) is 0. The molecule has 20 heavy (non-hydrogen) atoms. The van der Waals surface area contributed by atoms with Gasteiger partial charge in [-0.2, -0.15) is 13.2 Å². The van der Waals surface area contributed by atoms with Gasteiger partial charge in [0.05, 0.1) is 23.1 Å². The summed E-state index contributed by atoms with van der Waals surface area (Å²) in [7, 11) is -3.18. The smallest absolute Gasteiger partial charge is 0.271 e. The average Bonchev–Trinajstić information content (AvgIpc) is 2.70. The Morgan fingerprint density at radius 3 is 2.45 bits per heavy atom. The van der Waals surface area contributed by atoms with Crippen LogP contribution in [0, 0.1) is 5.92 Å². The molecule has 0 spiro atoms. The van der Waals surface area contributed by atoms with Crippen LogP contribution in [0.25, 0.3) is 0 Å². The van der Waals surface area contributed by atoms with E-state index in [4.69, 9.17) is 5.84 Å². The fourth-order valence-corrected chi connectivity index (χ4v) is 4.43. The molecule has 0 bridgehead atoms. The van der Waals surface area contributed by atoms with Crippen LogP contribution in [0.3, 0.4) is 0 Å². The molecule has 8 heteroatoms. The number of hydrogen-bond donors (Lipinski definition) is 2. The number of nitrogens with two attached hydrogens (primary N) is 1. The summed E-state index contributed by atoms with van der Waals surface area (Å²) in [4.78, 5) is 0. The van der Waals surface area contributed by atoms with E-state index in [0.717, 1.165) is 6.07 Å². The monoisotopic (exact) mass is 308 g/mol. The van der Waals surface area contributed by atoms with Gasteiger partial charge in [0.25, 0.3) is 0 Å². The molecule has 112 valence electrons.